The van der Waals surface area contributed by atoms with E-state index in [0.717, 1.165) is 5.56 Å². The number of hydrogen-bond donors (Lipinski definition) is 4. The van der Waals surface area contributed by atoms with Gasteiger partial charge in [0.05, 0.1) is 11.4 Å². The summed E-state index contributed by atoms with van der Waals surface area (Å²) in [5, 5.41) is 43.3. The third kappa shape index (κ3) is 5.42. The quantitative estimate of drug-likeness (QED) is 0.338. The van der Waals surface area contributed by atoms with E-state index in [4.69, 9.17) is 4.74 Å². The van der Waals surface area contributed by atoms with Crippen molar-refractivity contribution in [2.75, 3.05) is 13.6 Å². The summed E-state index contributed by atoms with van der Waals surface area (Å²) >= 11 is 0. The molecule has 1 saturated heterocycles. The minimum atomic E-state index is -1.71. The van der Waals surface area contributed by atoms with Crippen molar-refractivity contribution in [3.63, 3.8) is 0 Å². The highest BCUT2D eigenvalue weighted by molar-refractivity contribution is 5.73. The maximum Gasteiger partial charge on any atom is 0.335 e. The van der Waals surface area contributed by atoms with Gasteiger partial charge in [-0.2, -0.15) is 0 Å². The molecule has 1 aromatic rings. The molecule has 10 nitrogen and oxygen atoms in total. The molecule has 2 heterocycles. The number of carboxylic acids is 1. The van der Waals surface area contributed by atoms with Crippen molar-refractivity contribution in [1.82, 2.24) is 9.99 Å². The van der Waals surface area contributed by atoms with Gasteiger partial charge >= 0.3 is 5.97 Å². The van der Waals surface area contributed by atoms with E-state index in [1.54, 1.807) is 25.5 Å². The molecule has 27 heavy (non-hydrogen) atoms. The standard InChI is InChI=1S/C17H25N3O7/c1-20(19-26)7-3-5-10(11-4-2-6-18-9-11)8-12-13(21)14(22)15(23)16(27-12)17(24)25/h2,4,6,9-10,12-16,21-23H,3,5,7-8H2,1H3,(H,24,25)/t10?,12-,13-,14+,15-,16-/m0/s1. The molecule has 0 aromatic carbocycles. The Morgan fingerprint density at radius 1 is 1.33 bits per heavy atom. The van der Waals surface area contributed by atoms with Crippen LogP contribution in [0.1, 0.15) is 30.7 Å². The second kappa shape index (κ2) is 9.70. The number of ether oxygens (including phenoxy) is 1. The molecule has 0 radical (unpaired) electrons. The van der Waals surface area contributed by atoms with Crippen LogP contribution >= 0.6 is 0 Å². The normalized spacial score (nSPS) is 29.1. The van der Waals surface area contributed by atoms with E-state index < -0.39 is 36.5 Å². The van der Waals surface area contributed by atoms with Gasteiger partial charge in [-0.3, -0.25) is 9.99 Å². The molecule has 1 aliphatic heterocycles. The molecule has 0 saturated carbocycles. The van der Waals surface area contributed by atoms with Gasteiger partial charge in [0.15, 0.2) is 6.10 Å². The van der Waals surface area contributed by atoms with Crippen LogP contribution in [-0.4, -0.2) is 80.5 Å². The fourth-order valence-electron chi connectivity index (χ4n) is 3.28. The Morgan fingerprint density at radius 2 is 2.07 bits per heavy atom. The Morgan fingerprint density at radius 3 is 2.67 bits per heavy atom. The predicted octanol–water partition coefficient (Wildman–Crippen LogP) is -0.117. The lowest BCUT2D eigenvalue weighted by atomic mass is 9.85. The second-order valence-corrected chi connectivity index (χ2v) is 6.73. The lowest BCUT2D eigenvalue weighted by molar-refractivity contribution is -0.229. The Kier molecular flexibility index (Phi) is 7.60. The van der Waals surface area contributed by atoms with E-state index in [2.05, 4.69) is 10.3 Å². The van der Waals surface area contributed by atoms with Gasteiger partial charge in [0, 0.05) is 26.0 Å². The molecule has 1 aliphatic rings. The number of hydrogen-bond acceptors (Lipinski definition) is 8. The van der Waals surface area contributed by atoms with Crippen LogP contribution in [0.4, 0.5) is 0 Å². The Labute approximate surface area is 156 Å². The molecule has 1 fully saturated rings. The average molecular weight is 383 g/mol. The molecule has 150 valence electrons. The van der Waals surface area contributed by atoms with Crippen molar-refractivity contribution in [2.45, 2.75) is 55.7 Å². The van der Waals surface area contributed by atoms with Crippen molar-refractivity contribution >= 4 is 5.97 Å². The number of nitrogens with zero attached hydrogens (tertiary/aromatic N) is 3. The summed E-state index contributed by atoms with van der Waals surface area (Å²) in [6.07, 6.45) is -2.61. The molecule has 10 heteroatoms. The van der Waals surface area contributed by atoms with Crippen LogP contribution in [0.25, 0.3) is 0 Å². The lowest BCUT2D eigenvalue weighted by Gasteiger charge is -2.40. The van der Waals surface area contributed by atoms with Gasteiger partial charge in [0.1, 0.15) is 18.3 Å². The smallest absolute Gasteiger partial charge is 0.335 e. The Hall–Kier alpha value is -2.14. The maximum atomic E-state index is 11.3. The zero-order chi connectivity index (χ0) is 20.0. The van der Waals surface area contributed by atoms with E-state index in [0.29, 0.717) is 19.4 Å². The lowest BCUT2D eigenvalue weighted by Crippen LogP contribution is -2.59. The van der Waals surface area contributed by atoms with E-state index >= 15 is 0 Å². The first-order valence-corrected chi connectivity index (χ1v) is 8.72. The fourth-order valence-corrected chi connectivity index (χ4v) is 3.28. The van der Waals surface area contributed by atoms with Crippen molar-refractivity contribution in [1.29, 1.82) is 0 Å². The van der Waals surface area contributed by atoms with E-state index in [9.17, 15) is 30.1 Å². The first kappa shape index (κ1) is 21.2. The molecule has 0 bridgehead atoms. The van der Waals surface area contributed by atoms with Crippen LogP contribution in [0.2, 0.25) is 0 Å². The molecular weight excluding hydrogens is 358 g/mol. The summed E-state index contributed by atoms with van der Waals surface area (Å²) in [5.74, 6) is -1.56. The highest BCUT2D eigenvalue weighted by Gasteiger charge is 2.47. The van der Waals surface area contributed by atoms with E-state index in [1.807, 2.05) is 6.07 Å². The molecule has 4 N–H and O–H groups in total. The Bertz CT molecular complexity index is 618. The summed E-state index contributed by atoms with van der Waals surface area (Å²) in [6.45, 7) is 0.438. The summed E-state index contributed by atoms with van der Waals surface area (Å²) < 4.78 is 5.38. The largest absolute Gasteiger partial charge is 0.479 e. The maximum absolute atomic E-state index is 11.3. The van der Waals surface area contributed by atoms with E-state index in [1.165, 1.54) is 5.01 Å². The van der Waals surface area contributed by atoms with Gasteiger partial charge in [-0.15, -0.1) is 4.91 Å². The number of nitroso groups, excluding NO2 is 1. The molecular formula is C17H25N3O7. The third-order valence-electron chi connectivity index (χ3n) is 4.80. The van der Waals surface area contributed by atoms with Gasteiger partial charge in [-0.1, -0.05) is 6.07 Å². The van der Waals surface area contributed by atoms with Crippen LogP contribution in [0, 0.1) is 4.91 Å². The van der Waals surface area contributed by atoms with Crippen LogP contribution < -0.4 is 0 Å². The van der Waals surface area contributed by atoms with Gasteiger partial charge in [0.25, 0.3) is 0 Å². The van der Waals surface area contributed by atoms with Crippen LogP contribution in [0.5, 0.6) is 0 Å². The van der Waals surface area contributed by atoms with Gasteiger partial charge in [-0.05, 0) is 36.8 Å². The number of pyridine rings is 1. The number of aliphatic hydroxyl groups excluding tert-OH is 3. The predicted molar refractivity (Wildman–Crippen MR) is 93.6 cm³/mol. The van der Waals surface area contributed by atoms with Gasteiger partial charge < -0.3 is 25.2 Å². The van der Waals surface area contributed by atoms with Gasteiger partial charge in [-0.25, -0.2) is 4.79 Å². The molecule has 1 unspecified atom stereocenters. The zero-order valence-electron chi connectivity index (χ0n) is 15.0. The van der Waals surface area contributed by atoms with Crippen LogP contribution in [0.3, 0.4) is 0 Å². The minimum absolute atomic E-state index is 0.157. The topological polar surface area (TPSA) is 153 Å². The molecule has 0 spiro atoms. The first-order chi connectivity index (χ1) is 12.8. The van der Waals surface area contributed by atoms with Crippen molar-refractivity contribution in [2.24, 2.45) is 5.29 Å². The monoisotopic (exact) mass is 383 g/mol. The second-order valence-electron chi connectivity index (χ2n) is 6.73. The number of aromatic nitrogens is 1. The molecule has 0 aliphatic carbocycles. The minimum Gasteiger partial charge on any atom is -0.479 e. The zero-order valence-corrected chi connectivity index (χ0v) is 15.0. The van der Waals surface area contributed by atoms with Crippen molar-refractivity contribution in [3.8, 4) is 0 Å². The molecule has 1 aromatic heterocycles. The van der Waals surface area contributed by atoms with Crippen molar-refractivity contribution in [3.05, 3.63) is 35.0 Å². The number of carboxylic acid groups (broad SMARTS) is 1. The van der Waals surface area contributed by atoms with Gasteiger partial charge in [0.2, 0.25) is 0 Å². The van der Waals surface area contributed by atoms with Crippen LogP contribution in [0.15, 0.2) is 29.8 Å². The summed E-state index contributed by atoms with van der Waals surface area (Å²) in [6, 6.07) is 3.62. The molecule has 2 rings (SSSR count). The number of rotatable bonds is 9. The average Bonchev–Trinajstić information content (AvgIpc) is 2.67. The Balaban J connectivity index is 2.12. The number of aliphatic hydroxyl groups is 3. The highest BCUT2D eigenvalue weighted by atomic mass is 16.6. The molecule has 0 amide bonds. The van der Waals surface area contributed by atoms with Crippen LogP contribution in [-0.2, 0) is 9.53 Å². The first-order valence-electron chi connectivity index (χ1n) is 8.72. The number of carbonyl (C=O) groups is 1. The highest BCUT2D eigenvalue weighted by Crippen LogP contribution is 2.32. The van der Waals surface area contributed by atoms with Crippen molar-refractivity contribution < 1.29 is 30.0 Å². The molecule has 6 atom stereocenters. The summed E-state index contributed by atoms with van der Waals surface area (Å²) in [5.41, 5.74) is 0.863. The summed E-state index contributed by atoms with van der Waals surface area (Å²) in [7, 11) is 1.56. The fraction of sp³-hybridized carbons (Fsp3) is 0.647. The third-order valence-corrected chi connectivity index (χ3v) is 4.80. The SMILES string of the molecule is CN(CCCC(C[C@@H]1O[C@H](C(=O)O)[C@@H](O)[C@H](O)[C@H]1O)c1cccnc1)N=O. The number of aliphatic carboxylic acids is 1. The summed E-state index contributed by atoms with van der Waals surface area (Å²) in [4.78, 5) is 25.8. The van der Waals surface area contributed by atoms with E-state index in [-0.39, 0.29) is 12.3 Å².